The second-order valence-electron chi connectivity index (χ2n) is 7.87. The average molecular weight is 477 g/mol. The Hall–Kier alpha value is -3.53. The molecule has 2 saturated heterocycles. The van der Waals surface area contributed by atoms with E-state index in [1.807, 2.05) is 48.7 Å². The highest BCUT2D eigenvalue weighted by molar-refractivity contribution is 7.12. The van der Waals surface area contributed by atoms with Crippen molar-refractivity contribution in [3.8, 4) is 0 Å². The van der Waals surface area contributed by atoms with Crippen LogP contribution in [-0.4, -0.2) is 42.3 Å². The van der Waals surface area contributed by atoms with Crippen molar-refractivity contribution in [2.75, 3.05) is 25.1 Å². The summed E-state index contributed by atoms with van der Waals surface area (Å²) >= 11 is 1.36. The first-order chi connectivity index (χ1) is 16.6. The number of carbonyl (C=O) groups excluding carboxylic acids is 2. The SMILES string of the molecule is C/C=C(\C=C1/CNC(=O)C12OCCO2)NC(=O)c1sccc1NCc1ccnc2ccccc12. The van der Waals surface area contributed by atoms with E-state index in [1.165, 1.54) is 11.3 Å². The minimum absolute atomic E-state index is 0.235. The average Bonchev–Trinajstić information content (AvgIpc) is 3.60. The van der Waals surface area contributed by atoms with Crippen LogP contribution in [0.15, 0.2) is 71.4 Å². The number of allylic oxidation sites excluding steroid dienone is 2. The lowest BCUT2D eigenvalue weighted by Gasteiger charge is -2.20. The molecule has 2 aliphatic rings. The number of carbonyl (C=O) groups is 2. The zero-order valence-corrected chi connectivity index (χ0v) is 19.4. The van der Waals surface area contributed by atoms with Crippen LogP contribution in [-0.2, 0) is 20.8 Å². The normalized spacial score (nSPS) is 18.6. The summed E-state index contributed by atoms with van der Waals surface area (Å²) in [7, 11) is 0. The van der Waals surface area contributed by atoms with Crippen LogP contribution in [0.4, 0.5) is 5.69 Å². The Balaban J connectivity index is 1.30. The van der Waals surface area contributed by atoms with Gasteiger partial charge in [0.25, 0.3) is 17.6 Å². The van der Waals surface area contributed by atoms with Crippen LogP contribution < -0.4 is 16.0 Å². The number of nitrogens with zero attached hydrogens (tertiary/aromatic N) is 1. The van der Waals surface area contributed by atoms with Gasteiger partial charge in [0, 0.05) is 35.9 Å². The van der Waals surface area contributed by atoms with Crippen LogP contribution >= 0.6 is 11.3 Å². The number of aromatic nitrogens is 1. The highest BCUT2D eigenvalue weighted by Gasteiger charge is 2.52. The van der Waals surface area contributed by atoms with Gasteiger partial charge in [0.2, 0.25) is 0 Å². The molecule has 1 aromatic carbocycles. The Morgan fingerprint density at radius 3 is 2.88 bits per heavy atom. The van der Waals surface area contributed by atoms with Crippen molar-refractivity contribution in [3.05, 3.63) is 81.8 Å². The van der Waals surface area contributed by atoms with Crippen LogP contribution in [0.1, 0.15) is 22.2 Å². The number of anilines is 1. The van der Waals surface area contributed by atoms with Crippen LogP contribution in [0.5, 0.6) is 0 Å². The van der Waals surface area contributed by atoms with Crippen molar-refractivity contribution in [2.45, 2.75) is 19.3 Å². The van der Waals surface area contributed by atoms with Crippen LogP contribution in [0, 0.1) is 0 Å². The maximum Gasteiger partial charge on any atom is 0.285 e. The molecule has 3 aromatic rings. The Morgan fingerprint density at radius 1 is 1.24 bits per heavy atom. The van der Waals surface area contributed by atoms with E-state index < -0.39 is 5.79 Å². The number of hydrogen-bond acceptors (Lipinski definition) is 7. The Labute approximate surface area is 200 Å². The maximum absolute atomic E-state index is 13.1. The van der Waals surface area contributed by atoms with Gasteiger partial charge in [-0.2, -0.15) is 0 Å². The number of rotatable bonds is 6. The quantitative estimate of drug-likeness (QED) is 0.505. The third kappa shape index (κ3) is 4.09. The van der Waals surface area contributed by atoms with Gasteiger partial charge < -0.3 is 25.4 Å². The molecule has 2 aromatic heterocycles. The molecule has 0 unspecified atom stereocenters. The molecule has 2 fully saturated rings. The second kappa shape index (κ2) is 9.38. The summed E-state index contributed by atoms with van der Waals surface area (Å²) in [5.41, 5.74) is 3.99. The van der Waals surface area contributed by atoms with E-state index in [9.17, 15) is 9.59 Å². The molecule has 0 atom stereocenters. The highest BCUT2D eigenvalue weighted by Crippen LogP contribution is 2.33. The number of hydrogen-bond donors (Lipinski definition) is 3. The zero-order valence-electron chi connectivity index (χ0n) is 18.6. The molecule has 0 saturated carbocycles. The predicted molar refractivity (Wildman–Crippen MR) is 130 cm³/mol. The summed E-state index contributed by atoms with van der Waals surface area (Å²) in [5, 5.41) is 12.0. The summed E-state index contributed by atoms with van der Waals surface area (Å²) in [4.78, 5) is 30.4. The van der Waals surface area contributed by atoms with Gasteiger partial charge in [-0.3, -0.25) is 14.6 Å². The first-order valence-corrected chi connectivity index (χ1v) is 11.9. The van der Waals surface area contributed by atoms with Crippen molar-refractivity contribution < 1.29 is 19.1 Å². The summed E-state index contributed by atoms with van der Waals surface area (Å²) in [6.45, 7) is 3.38. The molecule has 1 spiro atoms. The number of pyridine rings is 1. The molecule has 3 N–H and O–H groups in total. The number of benzene rings is 1. The molecular weight excluding hydrogens is 452 g/mol. The number of ether oxygens (including phenoxy) is 2. The van der Waals surface area contributed by atoms with E-state index >= 15 is 0 Å². The highest BCUT2D eigenvalue weighted by atomic mass is 32.1. The lowest BCUT2D eigenvalue weighted by Crippen LogP contribution is -2.40. The van der Waals surface area contributed by atoms with Crippen LogP contribution in [0.2, 0.25) is 0 Å². The van der Waals surface area contributed by atoms with Crippen molar-refractivity contribution >= 4 is 39.7 Å². The molecule has 0 radical (unpaired) electrons. The third-order valence-corrected chi connectivity index (χ3v) is 6.75. The molecule has 8 nitrogen and oxygen atoms in total. The van der Waals surface area contributed by atoms with Gasteiger partial charge in [0.05, 0.1) is 24.4 Å². The molecule has 4 heterocycles. The van der Waals surface area contributed by atoms with E-state index in [1.54, 1.807) is 18.3 Å². The van der Waals surface area contributed by atoms with Gasteiger partial charge in [0.15, 0.2) is 0 Å². The van der Waals surface area contributed by atoms with Crippen molar-refractivity contribution in [3.63, 3.8) is 0 Å². The fraction of sp³-hybridized carbons (Fsp3) is 0.240. The fourth-order valence-corrected chi connectivity index (χ4v) is 4.89. The molecule has 34 heavy (non-hydrogen) atoms. The molecule has 2 amide bonds. The van der Waals surface area contributed by atoms with E-state index in [0.29, 0.717) is 42.5 Å². The van der Waals surface area contributed by atoms with E-state index in [-0.39, 0.29) is 11.8 Å². The molecule has 5 rings (SSSR count). The largest absolute Gasteiger partial charge is 0.380 e. The van der Waals surface area contributed by atoms with Gasteiger partial charge in [-0.1, -0.05) is 24.3 Å². The van der Waals surface area contributed by atoms with Gasteiger partial charge in [-0.25, -0.2) is 0 Å². The standard InChI is InChI=1S/C25H24N4O4S/c1-2-18(13-17-15-28-24(31)25(17)32-10-11-33-25)29-23(30)22-21(8-12-34-22)27-14-16-7-9-26-20-6-4-3-5-19(16)20/h2-9,12-13,27H,10-11,14-15H2,1H3,(H,28,31)(H,29,30)/b17-13+,18-2+. The lowest BCUT2D eigenvalue weighted by atomic mass is 10.1. The number of nitrogens with one attached hydrogen (secondary N) is 3. The van der Waals surface area contributed by atoms with Gasteiger partial charge in [-0.05, 0) is 42.1 Å². The van der Waals surface area contributed by atoms with Gasteiger partial charge in [0.1, 0.15) is 4.88 Å². The second-order valence-corrected chi connectivity index (χ2v) is 8.78. The predicted octanol–water partition coefficient (Wildman–Crippen LogP) is 3.34. The minimum atomic E-state index is -1.39. The van der Waals surface area contributed by atoms with Crippen molar-refractivity contribution in [1.82, 2.24) is 15.6 Å². The molecule has 174 valence electrons. The van der Waals surface area contributed by atoms with Gasteiger partial charge >= 0.3 is 0 Å². The first kappa shape index (κ1) is 22.3. The molecule has 0 aliphatic carbocycles. The smallest absolute Gasteiger partial charge is 0.285 e. The summed E-state index contributed by atoms with van der Waals surface area (Å²) in [5.74, 6) is -1.94. The van der Waals surface area contributed by atoms with E-state index in [4.69, 9.17) is 9.47 Å². The summed E-state index contributed by atoms with van der Waals surface area (Å²) in [6.07, 6.45) is 5.31. The number of thiophene rings is 1. The van der Waals surface area contributed by atoms with E-state index in [0.717, 1.165) is 22.2 Å². The Kier molecular flexibility index (Phi) is 6.14. The number of amides is 2. The summed E-state index contributed by atoms with van der Waals surface area (Å²) < 4.78 is 11.2. The number of para-hydroxylation sites is 1. The molecular formula is C25H24N4O4S. The van der Waals surface area contributed by atoms with Crippen LogP contribution in [0.25, 0.3) is 10.9 Å². The lowest BCUT2D eigenvalue weighted by molar-refractivity contribution is -0.163. The topological polar surface area (TPSA) is 102 Å². The third-order valence-electron chi connectivity index (χ3n) is 5.83. The van der Waals surface area contributed by atoms with Crippen molar-refractivity contribution in [1.29, 1.82) is 0 Å². The minimum Gasteiger partial charge on any atom is -0.380 e. The molecule has 0 bridgehead atoms. The first-order valence-electron chi connectivity index (χ1n) is 11.0. The van der Waals surface area contributed by atoms with Crippen molar-refractivity contribution in [2.24, 2.45) is 0 Å². The Bertz CT molecular complexity index is 1300. The summed E-state index contributed by atoms with van der Waals surface area (Å²) in [6, 6.07) is 11.8. The monoisotopic (exact) mass is 476 g/mol. The fourth-order valence-electron chi connectivity index (χ4n) is 4.12. The zero-order chi connectivity index (χ0) is 23.5. The Morgan fingerprint density at radius 2 is 2.06 bits per heavy atom. The molecule has 2 aliphatic heterocycles. The van der Waals surface area contributed by atoms with Gasteiger partial charge in [-0.15, -0.1) is 11.3 Å². The molecule has 9 heteroatoms. The maximum atomic E-state index is 13.1. The number of fused-ring (bicyclic) bond motifs is 1. The van der Waals surface area contributed by atoms with E-state index in [2.05, 4.69) is 20.9 Å². The van der Waals surface area contributed by atoms with Crippen LogP contribution in [0.3, 0.4) is 0 Å².